The van der Waals surface area contributed by atoms with Gasteiger partial charge in [0.2, 0.25) is 0 Å². The number of nitrogens with one attached hydrogen (secondary N) is 2. The maximum atomic E-state index is 12.7. The van der Waals surface area contributed by atoms with E-state index in [2.05, 4.69) is 10.3 Å². The van der Waals surface area contributed by atoms with Gasteiger partial charge in [0.1, 0.15) is 12.3 Å². The van der Waals surface area contributed by atoms with Crippen molar-refractivity contribution in [1.82, 2.24) is 14.9 Å². The van der Waals surface area contributed by atoms with Gasteiger partial charge in [-0.05, 0) is 49.2 Å². The molecule has 156 valence electrons. The molecule has 0 amide bonds. The van der Waals surface area contributed by atoms with Crippen molar-refractivity contribution in [3.63, 3.8) is 0 Å². The van der Waals surface area contributed by atoms with Crippen LogP contribution in [0.3, 0.4) is 0 Å². The largest absolute Gasteiger partial charge is 0.404 e. The lowest BCUT2D eigenvalue weighted by atomic mass is 9.99. The summed E-state index contributed by atoms with van der Waals surface area (Å²) in [5.74, 6) is 0. The minimum absolute atomic E-state index is 0.0860. The Morgan fingerprint density at radius 3 is 2.63 bits per heavy atom. The lowest BCUT2D eigenvalue weighted by molar-refractivity contribution is 0.111. The number of nitrogens with zero attached hydrogens (tertiary/aromatic N) is 2. The fraction of sp³-hybridized carbons (Fsp3) is 0.261. The number of carbonyl (C=O) groups excluding carboxylic acids is 1. The Labute approximate surface area is 175 Å². The molecule has 1 saturated carbocycles. The first kappa shape index (κ1) is 21.4. The molecule has 1 aliphatic carbocycles. The number of aldehydes is 1. The number of benzene rings is 1. The highest BCUT2D eigenvalue weighted by Crippen LogP contribution is 2.46. The molecule has 0 bridgehead atoms. The molecule has 0 unspecified atom stereocenters. The van der Waals surface area contributed by atoms with Gasteiger partial charge in [0.15, 0.2) is 6.29 Å². The molecule has 0 saturated heterocycles. The first-order valence-corrected chi connectivity index (χ1v) is 9.71. The zero-order valence-electron chi connectivity index (χ0n) is 17.2. The quantitative estimate of drug-likeness (QED) is 0.429. The summed E-state index contributed by atoms with van der Waals surface area (Å²) < 4.78 is 14.4. The summed E-state index contributed by atoms with van der Waals surface area (Å²) in [7, 11) is 3.72. The highest BCUT2D eigenvalue weighted by molar-refractivity contribution is 6.07. The van der Waals surface area contributed by atoms with Gasteiger partial charge in [-0.15, -0.1) is 0 Å². The van der Waals surface area contributed by atoms with Crippen molar-refractivity contribution >= 4 is 29.1 Å². The summed E-state index contributed by atoms with van der Waals surface area (Å²) >= 11 is 0. The monoisotopic (exact) mass is 407 g/mol. The SMILES string of the molecule is CNC1(c2ccccc2CF)CC1.Cn1c(C=O)cc2ccc(/C(C=N)=C/N)nc21. The highest BCUT2D eigenvalue weighted by Gasteiger charge is 2.43. The van der Waals surface area contributed by atoms with Crippen LogP contribution in [0, 0.1) is 5.41 Å². The predicted molar refractivity (Wildman–Crippen MR) is 118 cm³/mol. The maximum absolute atomic E-state index is 12.7. The van der Waals surface area contributed by atoms with Gasteiger partial charge in [-0.2, -0.15) is 0 Å². The van der Waals surface area contributed by atoms with Crippen LogP contribution in [0.1, 0.15) is 40.2 Å². The number of alkyl halides is 1. The Balaban J connectivity index is 0.000000177. The molecule has 1 aliphatic rings. The second kappa shape index (κ2) is 9.00. The van der Waals surface area contributed by atoms with Crippen LogP contribution in [0.5, 0.6) is 0 Å². The summed E-state index contributed by atoms with van der Waals surface area (Å²) in [6.07, 6.45) is 5.53. The number of hydrogen-bond donors (Lipinski definition) is 3. The zero-order chi connectivity index (χ0) is 21.7. The molecule has 2 aromatic heterocycles. The fourth-order valence-electron chi connectivity index (χ4n) is 3.58. The van der Waals surface area contributed by atoms with Crippen LogP contribution < -0.4 is 11.1 Å². The number of carbonyl (C=O) groups is 1. The van der Waals surface area contributed by atoms with Crippen molar-refractivity contribution < 1.29 is 9.18 Å². The predicted octanol–water partition coefficient (Wildman–Crippen LogP) is 3.70. The van der Waals surface area contributed by atoms with Crippen LogP contribution >= 0.6 is 0 Å². The first-order valence-electron chi connectivity index (χ1n) is 9.71. The second-order valence-corrected chi connectivity index (χ2v) is 7.24. The molecule has 0 spiro atoms. The Hall–Kier alpha value is -3.32. The normalized spacial score (nSPS) is 14.7. The zero-order valence-corrected chi connectivity index (χ0v) is 17.2. The molecule has 30 heavy (non-hydrogen) atoms. The molecule has 0 radical (unpaired) electrons. The van der Waals surface area contributed by atoms with Gasteiger partial charge >= 0.3 is 0 Å². The minimum Gasteiger partial charge on any atom is -0.404 e. The Kier molecular flexibility index (Phi) is 6.42. The highest BCUT2D eigenvalue weighted by atomic mass is 19.1. The standard InChI is InChI=1S/C12H12N4O.C11H14FN/c1-16-10(7-17)4-8-2-3-11(15-12(8)16)9(5-13)6-14;1-13-11(6-7-11)10-5-3-2-4-9(10)8-12/h2-7,13H,14H2,1H3;2-5,13H,6-8H2,1H3/b9-6+,13-5?;. The van der Waals surface area contributed by atoms with Crippen LogP contribution in [0.4, 0.5) is 4.39 Å². The number of halogens is 1. The second-order valence-electron chi connectivity index (χ2n) is 7.24. The third kappa shape index (κ3) is 4.02. The third-order valence-corrected chi connectivity index (χ3v) is 5.57. The van der Waals surface area contributed by atoms with Gasteiger partial charge in [-0.25, -0.2) is 9.37 Å². The van der Waals surface area contributed by atoms with Gasteiger partial charge < -0.3 is 21.0 Å². The molecule has 6 nitrogen and oxygen atoms in total. The van der Waals surface area contributed by atoms with Gasteiger partial charge in [0.25, 0.3) is 0 Å². The lowest BCUT2D eigenvalue weighted by Crippen LogP contribution is -2.25. The Morgan fingerprint density at radius 2 is 2.07 bits per heavy atom. The summed E-state index contributed by atoms with van der Waals surface area (Å²) in [5, 5.41) is 11.4. The molecule has 0 aliphatic heterocycles. The van der Waals surface area contributed by atoms with Crippen molar-refractivity contribution in [2.75, 3.05) is 7.05 Å². The smallest absolute Gasteiger partial charge is 0.166 e. The summed E-state index contributed by atoms with van der Waals surface area (Å²) in [6.45, 7) is -0.362. The van der Waals surface area contributed by atoms with E-state index in [1.54, 1.807) is 23.7 Å². The van der Waals surface area contributed by atoms with E-state index in [0.717, 1.165) is 41.9 Å². The van der Waals surface area contributed by atoms with Crippen molar-refractivity contribution in [3.8, 4) is 0 Å². The molecule has 7 heteroatoms. The van der Waals surface area contributed by atoms with Gasteiger partial charge in [0, 0.05) is 36.0 Å². The van der Waals surface area contributed by atoms with E-state index in [4.69, 9.17) is 11.1 Å². The number of pyridine rings is 1. The fourth-order valence-corrected chi connectivity index (χ4v) is 3.58. The number of rotatable bonds is 6. The van der Waals surface area contributed by atoms with Crippen LogP contribution in [0.2, 0.25) is 0 Å². The van der Waals surface area contributed by atoms with E-state index in [9.17, 15) is 9.18 Å². The van der Waals surface area contributed by atoms with E-state index >= 15 is 0 Å². The van der Waals surface area contributed by atoms with E-state index in [1.165, 1.54) is 6.20 Å². The van der Waals surface area contributed by atoms with Crippen molar-refractivity contribution in [1.29, 1.82) is 5.41 Å². The van der Waals surface area contributed by atoms with E-state index in [1.807, 2.05) is 37.4 Å². The van der Waals surface area contributed by atoms with Crippen LogP contribution in [-0.4, -0.2) is 29.1 Å². The molecule has 1 fully saturated rings. The molecule has 3 aromatic rings. The molecule has 2 heterocycles. The molecular formula is C23H26FN5O. The molecule has 4 N–H and O–H groups in total. The molecular weight excluding hydrogens is 381 g/mol. The average Bonchev–Trinajstić information content (AvgIpc) is 3.53. The lowest BCUT2D eigenvalue weighted by Gasteiger charge is -2.17. The molecule has 0 atom stereocenters. The third-order valence-electron chi connectivity index (χ3n) is 5.57. The topological polar surface area (TPSA) is 96.8 Å². The van der Waals surface area contributed by atoms with E-state index < -0.39 is 0 Å². The maximum Gasteiger partial charge on any atom is 0.166 e. The van der Waals surface area contributed by atoms with Crippen LogP contribution in [-0.2, 0) is 19.3 Å². The van der Waals surface area contributed by atoms with Gasteiger partial charge in [-0.1, -0.05) is 24.3 Å². The van der Waals surface area contributed by atoms with Crippen molar-refractivity contribution in [2.24, 2.45) is 12.8 Å². The number of aromatic nitrogens is 2. The van der Waals surface area contributed by atoms with Crippen molar-refractivity contribution in [2.45, 2.75) is 25.1 Å². The number of hydrogen-bond acceptors (Lipinski definition) is 5. The van der Waals surface area contributed by atoms with Crippen LogP contribution in [0.15, 0.2) is 48.7 Å². The Bertz CT molecular complexity index is 1100. The summed E-state index contributed by atoms with van der Waals surface area (Å²) in [6, 6.07) is 13.2. The van der Waals surface area contributed by atoms with Crippen molar-refractivity contribution in [3.05, 3.63) is 71.2 Å². The number of nitrogens with two attached hydrogens (primary N) is 1. The van der Waals surface area contributed by atoms with Crippen LogP contribution in [0.25, 0.3) is 16.6 Å². The van der Waals surface area contributed by atoms with Gasteiger partial charge in [0.05, 0.1) is 11.4 Å². The number of allylic oxidation sites excluding steroid dienone is 1. The molecule has 4 rings (SSSR count). The summed E-state index contributed by atoms with van der Waals surface area (Å²) in [4.78, 5) is 15.2. The average molecular weight is 407 g/mol. The Morgan fingerprint density at radius 1 is 1.33 bits per heavy atom. The minimum atomic E-state index is -0.362. The summed E-state index contributed by atoms with van der Waals surface area (Å²) in [5.41, 5.74) is 9.89. The first-order chi connectivity index (χ1) is 14.5. The van der Waals surface area contributed by atoms with Gasteiger partial charge in [-0.3, -0.25) is 4.79 Å². The number of aryl methyl sites for hydroxylation is 1. The van der Waals surface area contributed by atoms with E-state index in [-0.39, 0.29) is 12.2 Å². The van der Waals surface area contributed by atoms with E-state index in [0.29, 0.717) is 22.6 Å². The molecule has 1 aromatic carbocycles. The number of fused-ring (bicyclic) bond motifs is 1.